The summed E-state index contributed by atoms with van der Waals surface area (Å²) >= 11 is 0. The fourth-order valence-electron chi connectivity index (χ4n) is 1.84. The lowest BCUT2D eigenvalue weighted by atomic mass is 10.2. The van der Waals surface area contributed by atoms with E-state index in [0.717, 1.165) is 5.52 Å². The number of carbonyl (C=O) groups excluding carboxylic acids is 1. The fourth-order valence-corrected chi connectivity index (χ4v) is 1.84. The number of H-pyrrole nitrogens is 1. The normalized spacial score (nSPS) is 10.5. The number of nitrogens with zero attached hydrogens (tertiary/aromatic N) is 3. The predicted molar refractivity (Wildman–Crippen MR) is 73.0 cm³/mol. The van der Waals surface area contributed by atoms with Gasteiger partial charge in [-0.15, -0.1) is 0 Å². The Labute approximate surface area is 117 Å². The Balaban J connectivity index is 1.91. The molecule has 0 spiro atoms. The average Bonchev–Trinajstić information content (AvgIpc) is 2.94. The van der Waals surface area contributed by atoms with Crippen molar-refractivity contribution in [2.75, 3.05) is 5.32 Å². The lowest BCUT2D eigenvalue weighted by Crippen LogP contribution is -2.17. The number of aromatic carboxylic acids is 1. The number of hydrogen-bond acceptors (Lipinski definition) is 5. The number of carbonyl (C=O) groups is 2. The maximum Gasteiger partial charge on any atom is 0.358 e. The Morgan fingerprint density at radius 2 is 1.95 bits per heavy atom. The largest absolute Gasteiger partial charge is 0.476 e. The number of benzene rings is 1. The van der Waals surface area contributed by atoms with Crippen LogP contribution in [0.5, 0.6) is 0 Å². The molecule has 8 heteroatoms. The zero-order chi connectivity index (χ0) is 14.8. The van der Waals surface area contributed by atoms with Gasteiger partial charge in [0.1, 0.15) is 0 Å². The van der Waals surface area contributed by atoms with Crippen LogP contribution in [-0.4, -0.2) is 36.9 Å². The second kappa shape index (κ2) is 5.00. The van der Waals surface area contributed by atoms with Gasteiger partial charge in [0.25, 0.3) is 5.91 Å². The van der Waals surface area contributed by atoms with E-state index in [1.807, 2.05) is 0 Å². The summed E-state index contributed by atoms with van der Waals surface area (Å²) in [5.41, 5.74) is 1.49. The molecule has 1 amide bonds. The quantitative estimate of drug-likeness (QED) is 0.666. The number of aromatic nitrogens is 4. The highest BCUT2D eigenvalue weighted by Crippen LogP contribution is 2.14. The van der Waals surface area contributed by atoms with Crippen LogP contribution in [0.2, 0.25) is 0 Å². The van der Waals surface area contributed by atoms with E-state index in [2.05, 4.69) is 25.3 Å². The number of fused-ring (bicyclic) bond motifs is 1. The summed E-state index contributed by atoms with van der Waals surface area (Å²) in [6.45, 7) is 0. The number of rotatable bonds is 3. The van der Waals surface area contributed by atoms with Crippen molar-refractivity contribution in [1.29, 1.82) is 0 Å². The van der Waals surface area contributed by atoms with E-state index < -0.39 is 11.9 Å². The third kappa shape index (κ3) is 2.41. The van der Waals surface area contributed by atoms with Crippen molar-refractivity contribution in [3.63, 3.8) is 0 Å². The van der Waals surface area contributed by atoms with Crippen molar-refractivity contribution in [2.45, 2.75) is 0 Å². The molecule has 0 atom stereocenters. The number of amides is 1. The van der Waals surface area contributed by atoms with Crippen LogP contribution in [0.15, 0.2) is 36.9 Å². The number of carboxylic acid groups (broad SMARTS) is 1. The first-order valence-electron chi connectivity index (χ1n) is 5.94. The van der Waals surface area contributed by atoms with Crippen LogP contribution >= 0.6 is 0 Å². The maximum absolute atomic E-state index is 12.1. The van der Waals surface area contributed by atoms with Crippen molar-refractivity contribution in [3.05, 3.63) is 48.2 Å². The highest BCUT2D eigenvalue weighted by molar-refractivity contribution is 6.07. The van der Waals surface area contributed by atoms with Crippen molar-refractivity contribution in [3.8, 4) is 0 Å². The summed E-state index contributed by atoms with van der Waals surface area (Å²) in [5, 5.41) is 11.4. The number of imidazole rings is 1. The topological polar surface area (TPSA) is 121 Å². The molecule has 0 saturated carbocycles. The number of nitrogens with one attached hydrogen (secondary N) is 2. The molecule has 3 rings (SSSR count). The van der Waals surface area contributed by atoms with Gasteiger partial charge >= 0.3 is 5.97 Å². The minimum absolute atomic E-state index is 0.0975. The van der Waals surface area contributed by atoms with Crippen LogP contribution in [-0.2, 0) is 0 Å². The minimum atomic E-state index is -1.26. The Kier molecular flexibility index (Phi) is 3.03. The Morgan fingerprint density at radius 1 is 1.14 bits per heavy atom. The van der Waals surface area contributed by atoms with E-state index >= 15 is 0 Å². The molecule has 21 heavy (non-hydrogen) atoms. The summed E-state index contributed by atoms with van der Waals surface area (Å²) in [5.74, 6) is -1.84. The molecule has 2 aromatic heterocycles. The van der Waals surface area contributed by atoms with Gasteiger partial charge in [-0.2, -0.15) is 0 Å². The molecule has 3 N–H and O–H groups in total. The van der Waals surface area contributed by atoms with Gasteiger partial charge in [-0.1, -0.05) is 0 Å². The zero-order valence-electron chi connectivity index (χ0n) is 10.6. The lowest BCUT2D eigenvalue weighted by molar-refractivity contribution is 0.0691. The van der Waals surface area contributed by atoms with Crippen LogP contribution in [0, 0.1) is 0 Å². The van der Waals surface area contributed by atoms with Crippen LogP contribution in [0.1, 0.15) is 20.8 Å². The first-order chi connectivity index (χ1) is 10.1. The van der Waals surface area contributed by atoms with Crippen molar-refractivity contribution in [1.82, 2.24) is 19.9 Å². The van der Waals surface area contributed by atoms with Crippen molar-refractivity contribution in [2.24, 2.45) is 0 Å². The Bertz CT molecular complexity index is 842. The summed E-state index contributed by atoms with van der Waals surface area (Å²) in [6.07, 6.45) is 4.08. The molecule has 0 fully saturated rings. The van der Waals surface area contributed by atoms with Crippen molar-refractivity contribution < 1.29 is 14.7 Å². The lowest BCUT2D eigenvalue weighted by Gasteiger charge is -2.06. The van der Waals surface area contributed by atoms with Gasteiger partial charge in [0.15, 0.2) is 11.5 Å². The van der Waals surface area contributed by atoms with Gasteiger partial charge in [0.05, 0.1) is 17.4 Å². The molecule has 1 aromatic carbocycles. The summed E-state index contributed by atoms with van der Waals surface area (Å²) in [7, 11) is 0. The summed E-state index contributed by atoms with van der Waals surface area (Å²) in [4.78, 5) is 37.6. The van der Waals surface area contributed by atoms with E-state index in [1.54, 1.807) is 18.2 Å². The van der Waals surface area contributed by atoms with Gasteiger partial charge in [-0.05, 0) is 18.2 Å². The Hall–Kier alpha value is -3.29. The predicted octanol–water partition coefficient (Wildman–Crippen LogP) is 1.30. The van der Waals surface area contributed by atoms with Crippen LogP contribution in [0.3, 0.4) is 0 Å². The third-order valence-corrected chi connectivity index (χ3v) is 2.82. The standard InChI is InChI=1S/C13H9N5O3/c19-12(7-1-2-8-9(5-7)17-6-16-8)18-11-10(13(20)21)14-3-4-15-11/h1-6H,(H,16,17)(H,20,21)(H,15,18,19). The minimum Gasteiger partial charge on any atom is -0.476 e. The van der Waals surface area contributed by atoms with E-state index in [9.17, 15) is 9.59 Å². The fraction of sp³-hybridized carbons (Fsp3) is 0. The SMILES string of the molecule is O=C(Nc1nccnc1C(=O)O)c1ccc2nc[nH]c2c1. The zero-order valence-corrected chi connectivity index (χ0v) is 10.6. The molecule has 2 heterocycles. The molecule has 0 saturated heterocycles. The van der Waals surface area contributed by atoms with Crippen molar-refractivity contribution >= 4 is 28.7 Å². The second-order valence-electron chi connectivity index (χ2n) is 4.15. The monoisotopic (exact) mass is 283 g/mol. The summed E-state index contributed by atoms with van der Waals surface area (Å²) < 4.78 is 0. The molecule has 0 aliphatic rings. The summed E-state index contributed by atoms with van der Waals surface area (Å²) in [6, 6.07) is 4.90. The van der Waals surface area contributed by atoms with Gasteiger partial charge in [0, 0.05) is 18.0 Å². The molecular weight excluding hydrogens is 274 g/mol. The molecular formula is C13H9N5O3. The first kappa shape index (κ1) is 12.7. The highest BCUT2D eigenvalue weighted by atomic mass is 16.4. The number of aromatic amines is 1. The van der Waals surface area contributed by atoms with Crippen LogP contribution < -0.4 is 5.32 Å². The number of carboxylic acids is 1. The molecule has 0 radical (unpaired) electrons. The van der Waals surface area contributed by atoms with Gasteiger partial charge < -0.3 is 15.4 Å². The molecule has 0 unspecified atom stereocenters. The third-order valence-electron chi connectivity index (χ3n) is 2.82. The maximum atomic E-state index is 12.1. The van der Waals surface area contributed by atoms with Gasteiger partial charge in [-0.3, -0.25) is 4.79 Å². The second-order valence-corrected chi connectivity index (χ2v) is 4.15. The highest BCUT2D eigenvalue weighted by Gasteiger charge is 2.16. The van der Waals surface area contributed by atoms with E-state index in [0.29, 0.717) is 11.1 Å². The van der Waals surface area contributed by atoms with E-state index in [-0.39, 0.29) is 11.5 Å². The Morgan fingerprint density at radius 3 is 2.76 bits per heavy atom. The van der Waals surface area contributed by atoms with Gasteiger partial charge in [-0.25, -0.2) is 19.7 Å². The molecule has 0 aliphatic carbocycles. The average molecular weight is 283 g/mol. The van der Waals surface area contributed by atoms with Gasteiger partial charge in [0.2, 0.25) is 0 Å². The molecule has 104 valence electrons. The molecule has 0 bridgehead atoms. The first-order valence-corrected chi connectivity index (χ1v) is 5.94. The van der Waals surface area contributed by atoms with E-state index in [4.69, 9.17) is 5.11 Å². The number of anilines is 1. The number of hydrogen-bond donors (Lipinski definition) is 3. The molecule has 0 aliphatic heterocycles. The van der Waals surface area contributed by atoms with E-state index in [1.165, 1.54) is 18.7 Å². The molecule has 8 nitrogen and oxygen atoms in total. The smallest absolute Gasteiger partial charge is 0.358 e. The molecule has 3 aromatic rings. The van der Waals surface area contributed by atoms with Crippen LogP contribution in [0.4, 0.5) is 5.82 Å². The van der Waals surface area contributed by atoms with Crippen LogP contribution in [0.25, 0.3) is 11.0 Å².